The number of rotatable bonds is 27. The van der Waals surface area contributed by atoms with Crippen LogP contribution < -0.4 is 0 Å². The van der Waals surface area contributed by atoms with Gasteiger partial charge in [-0.2, -0.15) is 42.1 Å². The third kappa shape index (κ3) is 21.0. The van der Waals surface area contributed by atoms with Crippen molar-refractivity contribution in [3.8, 4) is 0 Å². The molecule has 642 valence electrons. The Morgan fingerprint density at radius 1 is 0.354 bits per heavy atom. The van der Waals surface area contributed by atoms with Gasteiger partial charge in [0, 0.05) is 18.9 Å². The van der Waals surface area contributed by atoms with Gasteiger partial charge in [0.1, 0.15) is 72.0 Å². The second-order valence-electron chi connectivity index (χ2n) is 30.6. The molecule has 113 heavy (non-hydrogen) atoms. The van der Waals surface area contributed by atoms with Crippen molar-refractivity contribution in [3.63, 3.8) is 0 Å². The molecule has 29 atom stereocenters. The van der Waals surface area contributed by atoms with Crippen LogP contribution >= 0.6 is 0 Å². The lowest BCUT2D eigenvalue weighted by atomic mass is 9.91. The Hall–Kier alpha value is -5.87. The van der Waals surface area contributed by atoms with E-state index < -0.39 is 248 Å². The zero-order chi connectivity index (χ0) is 83.5. The zero-order valence-corrected chi connectivity index (χ0v) is 69.1. The SMILES string of the molecule is CCC(C)C(=O)OC(C)C(=O)OC1C2CC3C(O2)C1OS3(=O)=O.CCC(C)C(=O)OC(C)C(=O)OC1C2CC3C1OS(=O)(=O)C3C2.CCC(C)C(=O)OCC(=O)OC1C(OC)CC2CC1OS2(=O)=O.CCC(C)C(=O)OCC(=O)OC1CCC2CC1OS2(=O)=O.CCC(C)C(=O)OCCC(=O)OC1C2CC3C(O2)C1OS3(=O)=O. The molecule has 29 unspecified atom stereocenters. The molecule has 13 aliphatic rings. The van der Waals surface area contributed by atoms with Crippen molar-refractivity contribution in [1.29, 1.82) is 0 Å². The van der Waals surface area contributed by atoms with E-state index in [9.17, 15) is 90.0 Å². The second-order valence-corrected chi connectivity index (χ2v) is 39.6. The number of carbonyl (C=O) groups excluding carboxylic acids is 10. The summed E-state index contributed by atoms with van der Waals surface area (Å²) < 4.78 is 210. The molecule has 13 fully saturated rings. The van der Waals surface area contributed by atoms with Crippen LogP contribution in [-0.4, -0.2) is 259 Å². The van der Waals surface area contributed by atoms with Gasteiger partial charge in [-0.05, 0) is 104 Å². The van der Waals surface area contributed by atoms with E-state index in [1.807, 2.05) is 34.6 Å². The second kappa shape index (κ2) is 37.4. The van der Waals surface area contributed by atoms with Gasteiger partial charge in [-0.25, -0.2) is 19.2 Å². The van der Waals surface area contributed by atoms with Crippen LogP contribution in [0.15, 0.2) is 0 Å². The first-order valence-electron chi connectivity index (χ1n) is 38.3. The van der Waals surface area contributed by atoms with Crippen LogP contribution in [0.1, 0.15) is 179 Å². The summed E-state index contributed by atoms with van der Waals surface area (Å²) in [7, 11) is -16.5. The summed E-state index contributed by atoms with van der Waals surface area (Å²) in [5.74, 6) is -6.99. The van der Waals surface area contributed by atoms with Crippen LogP contribution in [0.3, 0.4) is 0 Å². The molecule has 9 heterocycles. The predicted molar refractivity (Wildman–Crippen MR) is 380 cm³/mol. The van der Waals surface area contributed by atoms with Crippen LogP contribution in [0.5, 0.6) is 0 Å². The molecule has 9 aliphatic heterocycles. The number of esters is 10. The normalized spacial score (nSPS) is 36.1. The number of fused-ring (bicyclic) bond motifs is 7. The largest absolute Gasteiger partial charge is 0.465 e. The summed E-state index contributed by atoms with van der Waals surface area (Å²) in [5, 5.41) is -2.89. The van der Waals surface area contributed by atoms with Crippen molar-refractivity contribution in [1.82, 2.24) is 0 Å². The minimum Gasteiger partial charge on any atom is -0.465 e. The molecule has 0 N–H and O–H groups in total. The van der Waals surface area contributed by atoms with Gasteiger partial charge in [-0.1, -0.05) is 69.2 Å². The highest BCUT2D eigenvalue weighted by Crippen LogP contribution is 2.56. The Kier molecular flexibility index (Phi) is 30.1. The van der Waals surface area contributed by atoms with Crippen LogP contribution in [0, 0.1) is 41.4 Å². The first kappa shape index (κ1) is 91.0. The van der Waals surface area contributed by atoms with E-state index in [2.05, 4.69) is 0 Å². The van der Waals surface area contributed by atoms with Crippen molar-refractivity contribution in [2.24, 2.45) is 41.4 Å². The highest BCUT2D eigenvalue weighted by atomic mass is 32.2. The molecular formula is C70H104O38S5. The number of carbonyl (C=O) groups is 10. The van der Waals surface area contributed by atoms with Crippen LogP contribution in [0.2, 0.25) is 0 Å². The van der Waals surface area contributed by atoms with Crippen molar-refractivity contribution in [2.75, 3.05) is 26.9 Å². The molecule has 13 rings (SSSR count). The summed E-state index contributed by atoms with van der Waals surface area (Å²) in [6.45, 7) is 19.7. The first-order chi connectivity index (χ1) is 52.9. The minimum atomic E-state index is -3.66. The number of hydrogen-bond acceptors (Lipinski definition) is 38. The van der Waals surface area contributed by atoms with Gasteiger partial charge in [-0.15, -0.1) is 0 Å². The van der Waals surface area contributed by atoms with E-state index in [1.165, 1.54) is 21.0 Å². The molecule has 9 saturated heterocycles. The molecule has 0 amide bonds. The van der Waals surface area contributed by atoms with Gasteiger partial charge < -0.3 is 61.6 Å². The summed E-state index contributed by atoms with van der Waals surface area (Å²) in [6, 6.07) is 0. The smallest absolute Gasteiger partial charge is 0.347 e. The maximum absolute atomic E-state index is 12.2. The topological polar surface area (TPSA) is 508 Å². The molecule has 0 aromatic heterocycles. The lowest BCUT2D eigenvalue weighted by Crippen LogP contribution is -2.46. The Labute approximate surface area is 657 Å². The third-order valence-corrected chi connectivity index (χ3v) is 31.5. The number of ether oxygens (including phenoxy) is 13. The van der Waals surface area contributed by atoms with Crippen LogP contribution in [0.4, 0.5) is 0 Å². The molecule has 10 bridgehead atoms. The van der Waals surface area contributed by atoms with E-state index >= 15 is 0 Å². The van der Waals surface area contributed by atoms with E-state index in [4.69, 9.17) is 82.5 Å². The summed E-state index contributed by atoms with van der Waals surface area (Å²) in [4.78, 5) is 118. The predicted octanol–water partition coefficient (Wildman–Crippen LogP) is 2.47. The lowest BCUT2D eigenvalue weighted by molar-refractivity contribution is -0.176. The molecule has 4 saturated carbocycles. The Balaban J connectivity index is 0.000000162. The van der Waals surface area contributed by atoms with Crippen LogP contribution in [0.25, 0.3) is 0 Å². The monoisotopic (exact) mass is 1710 g/mol. The quantitative estimate of drug-likeness (QED) is 0.0647. The van der Waals surface area contributed by atoms with E-state index in [-0.39, 0.29) is 86.1 Å². The number of hydrogen-bond donors (Lipinski definition) is 0. The van der Waals surface area contributed by atoms with Crippen molar-refractivity contribution >= 4 is 110 Å². The third-order valence-electron chi connectivity index (χ3n) is 22.9. The fourth-order valence-electron chi connectivity index (χ4n) is 15.2. The van der Waals surface area contributed by atoms with Gasteiger partial charge in [0.2, 0.25) is 0 Å². The molecule has 0 aromatic carbocycles. The zero-order valence-electron chi connectivity index (χ0n) is 65.0. The van der Waals surface area contributed by atoms with E-state index in [1.54, 1.807) is 34.6 Å². The van der Waals surface area contributed by atoms with Gasteiger partial charge in [0.15, 0.2) is 43.7 Å². The highest BCUT2D eigenvalue weighted by molar-refractivity contribution is 7.88. The summed E-state index contributed by atoms with van der Waals surface area (Å²) in [5.41, 5.74) is 0. The molecule has 38 nitrogen and oxygen atoms in total. The van der Waals surface area contributed by atoms with Crippen molar-refractivity contribution in [2.45, 2.75) is 309 Å². The molecule has 0 spiro atoms. The maximum atomic E-state index is 12.2. The molecular weight excluding hydrogens is 1610 g/mol. The molecule has 0 aromatic rings. The molecule has 4 aliphatic carbocycles. The first-order valence-corrected chi connectivity index (χ1v) is 45.6. The Bertz CT molecular complexity index is 3990. The fourth-order valence-corrected chi connectivity index (χ4v) is 23.4. The van der Waals surface area contributed by atoms with Gasteiger partial charge >= 0.3 is 59.7 Å². The number of methoxy groups -OCH3 is 1. The average molecular weight is 1710 g/mol. The van der Waals surface area contributed by atoms with Crippen molar-refractivity contribution in [3.05, 3.63) is 0 Å². The van der Waals surface area contributed by atoms with Gasteiger partial charge in [-0.3, -0.25) is 49.7 Å². The average Bonchev–Trinajstić information content (AvgIpc) is 1.57. The Morgan fingerprint density at radius 2 is 0.770 bits per heavy atom. The van der Waals surface area contributed by atoms with Gasteiger partial charge in [0.05, 0.1) is 70.1 Å². The standard InChI is InChI=1S/C15H22O7S.2C14H20O8S.C14H22O8S.C13H20O7S/c1-4-7(2)14(16)20-8(3)15(17)21-12-9-5-10-11(6-9)23(18,19)22-13(10)12;1-4-6(2)13(15)19-7(3)14(16)21-10-8-5-9-11(20-8)12(10)22-23(9,17)18;1-3-7(2)14(16)19-5-4-10(15)21-11-8-6-9-12(20-8)13(11)22-23(9,17)18;1-4-8(2)14(16)20-7-12(15)21-13-10(19-3)5-9-6-11(13)22-23(9,17)18;1-3-8(2)13(15)18-7-12(14)19-10-5-4-9-6-11(10)20-21(9,16)17/h7-13H,4-6H2,1-3H3;6-12H,4-5H2,1-3H3;7-9,11-13H,3-6H2,1-2H3;8-11,13H,4-7H2,1-3H3;8-11H,3-7H2,1-2H3. The summed E-state index contributed by atoms with van der Waals surface area (Å²) in [6.07, 6.45) is -5.23. The lowest BCUT2D eigenvalue weighted by Gasteiger charge is -2.32. The minimum absolute atomic E-state index is 0.00805. The van der Waals surface area contributed by atoms with Crippen molar-refractivity contribution < 1.29 is 173 Å². The van der Waals surface area contributed by atoms with E-state index in [0.29, 0.717) is 64.2 Å². The summed E-state index contributed by atoms with van der Waals surface area (Å²) >= 11 is 0. The highest BCUT2D eigenvalue weighted by Gasteiger charge is 2.69. The maximum Gasteiger partial charge on any atom is 0.347 e. The van der Waals surface area contributed by atoms with Gasteiger partial charge in [0.25, 0.3) is 50.6 Å². The molecule has 0 radical (unpaired) electrons. The van der Waals surface area contributed by atoms with Crippen LogP contribution in [-0.2, 0) is 181 Å². The fraction of sp³-hybridized carbons (Fsp3) is 0.857. The molecule has 43 heteroatoms. The Morgan fingerprint density at radius 3 is 1.27 bits per heavy atom. The van der Waals surface area contributed by atoms with E-state index in [0.717, 1.165) is 0 Å².